The van der Waals surface area contributed by atoms with Gasteiger partial charge in [0.1, 0.15) is 30.1 Å². The fraction of sp³-hybridized carbons (Fsp3) is 0.321. The fourth-order valence-corrected chi connectivity index (χ4v) is 4.30. The molecule has 0 radical (unpaired) electrons. The molecule has 1 aliphatic rings. The molecule has 0 bridgehead atoms. The molecule has 40 heavy (non-hydrogen) atoms. The Balaban J connectivity index is 1.42. The number of carbonyl (C=O) groups is 2. The molecule has 1 fully saturated rings. The van der Waals surface area contributed by atoms with E-state index < -0.39 is 35.5 Å². The van der Waals surface area contributed by atoms with Crippen molar-refractivity contribution in [3.05, 3.63) is 89.5 Å². The van der Waals surface area contributed by atoms with Gasteiger partial charge in [-0.15, -0.1) is 0 Å². The molecule has 1 aromatic heterocycles. The number of carbonyl (C=O) groups excluding carboxylic acids is 2. The van der Waals surface area contributed by atoms with Crippen molar-refractivity contribution in [3.8, 4) is 0 Å². The Morgan fingerprint density at radius 3 is 2.42 bits per heavy atom. The van der Waals surface area contributed by atoms with Crippen molar-refractivity contribution in [2.45, 2.75) is 37.5 Å². The first-order valence-corrected chi connectivity index (χ1v) is 12.7. The van der Waals surface area contributed by atoms with Gasteiger partial charge in [-0.25, -0.2) is 18.0 Å². The molecule has 1 saturated heterocycles. The maximum absolute atomic E-state index is 14.8. The SMILES string of the molecule is NC(=O)OC[C@@H]1CO[C@H](CCc2c(F)cncc2NC(=O)[C@H](Cc2ccc(F)cc2)Nc2ccc(F)cc2)CN1. The van der Waals surface area contributed by atoms with Crippen LogP contribution in [0.5, 0.6) is 0 Å². The third-order valence-corrected chi connectivity index (χ3v) is 6.43. The van der Waals surface area contributed by atoms with Gasteiger partial charge in [-0.05, 0) is 54.8 Å². The quantitative estimate of drug-likeness (QED) is 0.284. The third kappa shape index (κ3) is 8.42. The standard InChI is InChI=1S/C28H30F3N5O4/c29-18-3-1-17(2-4-18)11-25(35-20-7-5-19(30)6-8-20)27(37)36-26-14-33-13-24(31)23(26)10-9-22-12-34-21(15-39-22)16-40-28(32)38/h1-8,13-14,21-22,25,34-35H,9-12,15-16H2,(H2,32,38)(H,36,37)/t21-,22+,25-/m0/s1. The van der Waals surface area contributed by atoms with E-state index >= 15 is 0 Å². The van der Waals surface area contributed by atoms with Crippen LogP contribution in [-0.2, 0) is 27.1 Å². The fourth-order valence-electron chi connectivity index (χ4n) is 4.30. The molecule has 212 valence electrons. The van der Waals surface area contributed by atoms with E-state index in [2.05, 4.69) is 20.9 Å². The molecule has 9 nitrogen and oxygen atoms in total. The first-order valence-electron chi connectivity index (χ1n) is 12.7. The number of hydrogen-bond acceptors (Lipinski definition) is 7. The Morgan fingerprint density at radius 2 is 1.77 bits per heavy atom. The Hall–Kier alpha value is -4.16. The van der Waals surface area contributed by atoms with Crippen molar-refractivity contribution >= 4 is 23.4 Å². The minimum atomic E-state index is -0.862. The summed E-state index contributed by atoms with van der Waals surface area (Å²) in [4.78, 5) is 28.1. The Bertz CT molecular complexity index is 1240. The topological polar surface area (TPSA) is 128 Å². The number of nitrogens with two attached hydrogens (primary N) is 1. The zero-order valence-electron chi connectivity index (χ0n) is 21.5. The average molecular weight is 558 g/mol. The largest absolute Gasteiger partial charge is 0.448 e. The van der Waals surface area contributed by atoms with Gasteiger partial charge in [0.25, 0.3) is 0 Å². The smallest absolute Gasteiger partial charge is 0.404 e. The molecule has 4 rings (SSSR count). The van der Waals surface area contributed by atoms with Crippen molar-refractivity contribution in [2.75, 3.05) is 30.4 Å². The maximum atomic E-state index is 14.8. The van der Waals surface area contributed by atoms with Crippen molar-refractivity contribution < 1.29 is 32.2 Å². The average Bonchev–Trinajstić information content (AvgIpc) is 2.94. The van der Waals surface area contributed by atoms with E-state index in [0.717, 1.165) is 6.20 Å². The van der Waals surface area contributed by atoms with Gasteiger partial charge < -0.3 is 31.2 Å². The molecule has 0 aliphatic carbocycles. The summed E-state index contributed by atoms with van der Waals surface area (Å²) in [5.41, 5.74) is 6.67. The zero-order chi connectivity index (χ0) is 28.5. The van der Waals surface area contributed by atoms with Crippen molar-refractivity contribution in [3.63, 3.8) is 0 Å². The minimum Gasteiger partial charge on any atom is -0.448 e. The molecule has 3 aromatic rings. The molecule has 2 heterocycles. The van der Waals surface area contributed by atoms with Crippen LogP contribution in [-0.4, -0.2) is 54.9 Å². The predicted octanol–water partition coefficient (Wildman–Crippen LogP) is 3.55. The zero-order valence-corrected chi connectivity index (χ0v) is 21.5. The predicted molar refractivity (Wildman–Crippen MR) is 142 cm³/mol. The minimum absolute atomic E-state index is 0.0856. The van der Waals surface area contributed by atoms with E-state index in [4.69, 9.17) is 15.2 Å². The summed E-state index contributed by atoms with van der Waals surface area (Å²) in [6, 6.07) is 10.2. The number of nitrogens with one attached hydrogen (secondary N) is 3. The number of amides is 2. The number of primary amides is 1. The first kappa shape index (κ1) is 28.8. The molecule has 0 spiro atoms. The monoisotopic (exact) mass is 557 g/mol. The Kier molecular flexibility index (Phi) is 9.92. The highest BCUT2D eigenvalue weighted by molar-refractivity contribution is 5.97. The second-order valence-electron chi connectivity index (χ2n) is 9.40. The summed E-state index contributed by atoms with van der Waals surface area (Å²) in [6.45, 7) is 0.839. The molecule has 5 N–H and O–H groups in total. The number of ether oxygens (including phenoxy) is 2. The highest BCUT2D eigenvalue weighted by Gasteiger charge is 2.24. The summed E-state index contributed by atoms with van der Waals surface area (Å²) < 4.78 is 52.3. The molecule has 1 aliphatic heterocycles. The van der Waals surface area contributed by atoms with Crippen LogP contribution >= 0.6 is 0 Å². The molecule has 2 aromatic carbocycles. The molecule has 0 unspecified atom stereocenters. The highest BCUT2D eigenvalue weighted by Crippen LogP contribution is 2.23. The molecule has 0 saturated carbocycles. The van der Waals surface area contributed by atoms with E-state index in [1.807, 2.05) is 0 Å². The van der Waals surface area contributed by atoms with Gasteiger partial charge in [-0.2, -0.15) is 0 Å². The summed E-state index contributed by atoms with van der Waals surface area (Å²) in [7, 11) is 0. The van der Waals surface area contributed by atoms with Crippen LogP contribution in [0.2, 0.25) is 0 Å². The molecule has 2 amide bonds. The second-order valence-corrected chi connectivity index (χ2v) is 9.40. The number of rotatable bonds is 11. The van der Waals surface area contributed by atoms with Crippen LogP contribution in [0.15, 0.2) is 60.9 Å². The van der Waals surface area contributed by atoms with Gasteiger partial charge in [0.05, 0.1) is 36.8 Å². The molecular formula is C28H30F3N5O4. The lowest BCUT2D eigenvalue weighted by Crippen LogP contribution is -2.49. The van der Waals surface area contributed by atoms with Crippen molar-refractivity contribution in [1.29, 1.82) is 0 Å². The molecule has 12 heteroatoms. The van der Waals surface area contributed by atoms with Crippen LogP contribution in [0.3, 0.4) is 0 Å². The van der Waals surface area contributed by atoms with Gasteiger partial charge in [0.2, 0.25) is 5.91 Å². The summed E-state index contributed by atoms with van der Waals surface area (Å²) in [5, 5.41) is 9.04. The maximum Gasteiger partial charge on any atom is 0.404 e. The van der Waals surface area contributed by atoms with Crippen molar-refractivity contribution in [2.24, 2.45) is 5.73 Å². The number of benzene rings is 2. The van der Waals surface area contributed by atoms with Crippen LogP contribution in [0.1, 0.15) is 17.5 Å². The highest BCUT2D eigenvalue weighted by atomic mass is 19.1. The lowest BCUT2D eigenvalue weighted by molar-refractivity contribution is -0.116. The van der Waals surface area contributed by atoms with E-state index in [-0.39, 0.29) is 42.8 Å². The number of anilines is 2. The first-order chi connectivity index (χ1) is 19.3. The number of pyridine rings is 1. The lowest BCUT2D eigenvalue weighted by atomic mass is 10.0. The van der Waals surface area contributed by atoms with E-state index in [1.165, 1.54) is 42.6 Å². The van der Waals surface area contributed by atoms with E-state index in [0.29, 0.717) is 30.8 Å². The second kappa shape index (κ2) is 13.8. The van der Waals surface area contributed by atoms with Crippen LogP contribution < -0.4 is 21.7 Å². The Morgan fingerprint density at radius 1 is 1.07 bits per heavy atom. The van der Waals surface area contributed by atoms with Gasteiger partial charge in [0, 0.05) is 24.2 Å². The van der Waals surface area contributed by atoms with Gasteiger partial charge in [-0.3, -0.25) is 9.78 Å². The van der Waals surface area contributed by atoms with Crippen molar-refractivity contribution in [1.82, 2.24) is 10.3 Å². The Labute approximate surface area is 229 Å². The normalized spacial score (nSPS) is 17.6. The van der Waals surface area contributed by atoms with Crippen LogP contribution in [0.4, 0.5) is 29.3 Å². The number of halogens is 3. The summed E-state index contributed by atoms with van der Waals surface area (Å²) in [6.07, 6.45) is 2.26. The lowest BCUT2D eigenvalue weighted by Gasteiger charge is -2.30. The van der Waals surface area contributed by atoms with E-state index in [9.17, 15) is 22.8 Å². The van der Waals surface area contributed by atoms with Crippen LogP contribution in [0, 0.1) is 17.5 Å². The number of hydrogen-bond donors (Lipinski definition) is 4. The van der Waals surface area contributed by atoms with Gasteiger partial charge in [-0.1, -0.05) is 12.1 Å². The van der Waals surface area contributed by atoms with Gasteiger partial charge >= 0.3 is 6.09 Å². The summed E-state index contributed by atoms with van der Waals surface area (Å²) in [5.74, 6) is -1.88. The molecular weight excluding hydrogens is 527 g/mol. The number of morpholine rings is 1. The molecule has 3 atom stereocenters. The number of aromatic nitrogens is 1. The third-order valence-electron chi connectivity index (χ3n) is 6.43. The summed E-state index contributed by atoms with van der Waals surface area (Å²) >= 11 is 0. The van der Waals surface area contributed by atoms with E-state index in [1.54, 1.807) is 12.1 Å². The van der Waals surface area contributed by atoms with Crippen LogP contribution in [0.25, 0.3) is 0 Å². The van der Waals surface area contributed by atoms with Gasteiger partial charge in [0.15, 0.2) is 0 Å². The number of nitrogens with zero attached hydrogens (tertiary/aromatic N) is 1.